The summed E-state index contributed by atoms with van der Waals surface area (Å²) in [5, 5.41) is 0. The fourth-order valence-corrected chi connectivity index (χ4v) is 2.30. The highest BCUT2D eigenvalue weighted by atomic mass is 32.2. The monoisotopic (exact) mass is 321 g/mol. The molecule has 0 amide bonds. The average molecular weight is 321 g/mol. The summed E-state index contributed by atoms with van der Waals surface area (Å²) in [5.41, 5.74) is -1.63. The lowest BCUT2D eigenvalue weighted by molar-refractivity contribution is 0.402. The molecule has 0 saturated heterocycles. The summed E-state index contributed by atoms with van der Waals surface area (Å²) in [6.07, 6.45) is 0.653. The smallest absolute Gasteiger partial charge is 0.187 e. The highest BCUT2D eigenvalue weighted by Crippen LogP contribution is 2.31. The molecule has 0 aromatic heterocycles. The standard InChI is InChI=1S/C7H6F4N2O4S2/c1-18(12,14)13-6-2(8)4(10)7(19(15,16)17)5(11)3(6)9/h1H3,(H2,12,13,14)(H,15,16,17)/p-1. The predicted molar refractivity (Wildman–Crippen MR) is 54.6 cm³/mol. The highest BCUT2D eigenvalue weighted by Gasteiger charge is 2.29. The van der Waals surface area contributed by atoms with Gasteiger partial charge >= 0.3 is 0 Å². The molecule has 1 aromatic carbocycles. The molecular weight excluding hydrogens is 316 g/mol. The van der Waals surface area contributed by atoms with Crippen molar-refractivity contribution in [2.75, 3.05) is 11.0 Å². The number of nitrogens with one attached hydrogen (secondary N) is 2. The van der Waals surface area contributed by atoms with Crippen molar-refractivity contribution >= 4 is 25.7 Å². The van der Waals surface area contributed by atoms with Gasteiger partial charge in [0.15, 0.2) is 23.3 Å². The maximum Gasteiger partial charge on any atom is 0.187 e. The van der Waals surface area contributed by atoms with Gasteiger partial charge in [-0.05, 0) is 0 Å². The van der Waals surface area contributed by atoms with E-state index < -0.39 is 53.9 Å². The van der Waals surface area contributed by atoms with Crippen LogP contribution in [0.1, 0.15) is 0 Å². The molecule has 0 fully saturated rings. The maximum atomic E-state index is 13.3. The fraction of sp³-hybridized carbons (Fsp3) is 0.143. The summed E-state index contributed by atoms with van der Waals surface area (Å²) in [6, 6.07) is 0. The van der Waals surface area contributed by atoms with Gasteiger partial charge in [-0.2, -0.15) is 0 Å². The molecule has 1 atom stereocenters. The van der Waals surface area contributed by atoms with Crippen LogP contribution < -0.4 is 4.72 Å². The molecule has 0 bridgehead atoms. The van der Waals surface area contributed by atoms with Crippen LogP contribution in [0.5, 0.6) is 0 Å². The molecule has 0 heterocycles. The lowest BCUT2D eigenvalue weighted by Gasteiger charge is -2.15. The van der Waals surface area contributed by atoms with Gasteiger partial charge in [-0.25, -0.2) is 35.0 Å². The Kier molecular flexibility index (Phi) is 3.80. The zero-order valence-corrected chi connectivity index (χ0v) is 10.6. The first kappa shape index (κ1) is 15.7. The van der Waals surface area contributed by atoms with E-state index in [1.165, 1.54) is 4.72 Å². The van der Waals surface area contributed by atoms with E-state index >= 15 is 0 Å². The van der Waals surface area contributed by atoms with E-state index in [0.29, 0.717) is 6.26 Å². The van der Waals surface area contributed by atoms with Gasteiger partial charge in [-0.1, -0.05) is 0 Å². The molecule has 2 N–H and O–H groups in total. The maximum absolute atomic E-state index is 13.3. The largest absolute Gasteiger partial charge is 0.744 e. The Labute approximate surface area is 105 Å². The first-order valence-corrected chi connectivity index (χ1v) is 7.57. The summed E-state index contributed by atoms with van der Waals surface area (Å²) in [7, 11) is -9.59. The van der Waals surface area contributed by atoms with Crippen molar-refractivity contribution < 1.29 is 34.7 Å². The molecule has 0 saturated carbocycles. The number of rotatable bonds is 3. The molecule has 1 unspecified atom stereocenters. The molecule has 12 heteroatoms. The Hall–Kier alpha value is -1.40. The molecule has 1 rings (SSSR count). The Morgan fingerprint density at radius 2 is 1.37 bits per heavy atom. The highest BCUT2D eigenvalue weighted by molar-refractivity contribution is 7.93. The second kappa shape index (κ2) is 4.61. The van der Waals surface area contributed by atoms with Crippen LogP contribution in [0.15, 0.2) is 4.90 Å². The molecule has 1 aromatic rings. The van der Waals surface area contributed by atoms with E-state index in [9.17, 15) is 34.7 Å². The normalized spacial score (nSPS) is 15.1. The Balaban J connectivity index is 3.77. The van der Waals surface area contributed by atoms with Gasteiger partial charge < -0.3 is 4.55 Å². The van der Waals surface area contributed by atoms with Crippen molar-refractivity contribution in [3.8, 4) is 0 Å². The fourth-order valence-electron chi connectivity index (χ4n) is 1.12. The van der Waals surface area contributed by atoms with Crippen LogP contribution in [-0.4, -0.2) is 23.4 Å². The third kappa shape index (κ3) is 3.13. The van der Waals surface area contributed by atoms with E-state index in [1.807, 2.05) is 0 Å². The molecule has 19 heavy (non-hydrogen) atoms. The lowest BCUT2D eigenvalue weighted by atomic mass is 10.2. The second-order valence-corrected chi connectivity index (χ2v) is 6.57. The Bertz CT molecular complexity index is 716. The third-order valence-electron chi connectivity index (χ3n) is 1.77. The minimum Gasteiger partial charge on any atom is -0.744 e. The lowest BCUT2D eigenvalue weighted by Crippen LogP contribution is -2.16. The number of hydrogen-bond donors (Lipinski definition) is 2. The van der Waals surface area contributed by atoms with E-state index in [1.54, 1.807) is 0 Å². The van der Waals surface area contributed by atoms with E-state index in [0.717, 1.165) is 0 Å². The molecular formula is C7H5F4N2O4S2-. The van der Waals surface area contributed by atoms with Gasteiger partial charge in [0.1, 0.15) is 30.6 Å². The van der Waals surface area contributed by atoms with Crippen LogP contribution in [-0.2, 0) is 20.0 Å². The van der Waals surface area contributed by atoms with E-state index in [4.69, 9.17) is 4.78 Å². The van der Waals surface area contributed by atoms with Gasteiger partial charge in [-0.15, -0.1) is 0 Å². The van der Waals surface area contributed by atoms with Crippen LogP contribution in [0.3, 0.4) is 0 Å². The molecule has 108 valence electrons. The minimum absolute atomic E-state index is 0.653. The van der Waals surface area contributed by atoms with Crippen LogP contribution in [0, 0.1) is 28.0 Å². The molecule has 6 nitrogen and oxygen atoms in total. The van der Waals surface area contributed by atoms with Crippen molar-refractivity contribution in [2.24, 2.45) is 0 Å². The quantitative estimate of drug-likeness (QED) is 0.494. The summed E-state index contributed by atoms with van der Waals surface area (Å²) in [6.45, 7) is 0. The number of hydrogen-bond acceptors (Lipinski definition) is 5. The first-order chi connectivity index (χ1) is 8.36. The van der Waals surface area contributed by atoms with Crippen molar-refractivity contribution in [2.45, 2.75) is 4.90 Å². The Morgan fingerprint density at radius 1 is 1.00 bits per heavy atom. The van der Waals surface area contributed by atoms with E-state index in [2.05, 4.69) is 0 Å². The molecule has 0 aliphatic rings. The van der Waals surface area contributed by atoms with E-state index in [-0.39, 0.29) is 0 Å². The number of benzene rings is 1. The van der Waals surface area contributed by atoms with Gasteiger partial charge in [0.25, 0.3) is 0 Å². The Morgan fingerprint density at radius 3 is 1.63 bits per heavy atom. The summed E-state index contributed by atoms with van der Waals surface area (Å²) in [5.74, 6) is -9.45. The zero-order valence-electron chi connectivity index (χ0n) is 8.96. The summed E-state index contributed by atoms with van der Waals surface area (Å²) in [4.78, 5) is -2.32. The SMILES string of the molecule is CS(=N)(=O)Nc1c(F)c(F)c(S(=O)(=O)[O-])c(F)c1F. The molecule has 0 radical (unpaired) electrons. The second-order valence-electron chi connectivity index (χ2n) is 3.36. The topological polar surface area (TPSA) is 110 Å². The number of anilines is 1. The average Bonchev–Trinajstić information content (AvgIpc) is 2.18. The number of halogens is 4. The van der Waals surface area contributed by atoms with Gasteiger partial charge in [0.05, 0.1) is 0 Å². The van der Waals surface area contributed by atoms with Crippen molar-refractivity contribution in [3.63, 3.8) is 0 Å². The van der Waals surface area contributed by atoms with Crippen LogP contribution in [0.2, 0.25) is 0 Å². The summed E-state index contributed by atoms with van der Waals surface area (Å²) >= 11 is 0. The van der Waals surface area contributed by atoms with Crippen molar-refractivity contribution in [1.82, 2.24) is 0 Å². The molecule has 0 spiro atoms. The third-order valence-corrected chi connectivity index (χ3v) is 3.22. The molecule has 0 aliphatic heterocycles. The summed E-state index contributed by atoms with van der Waals surface area (Å²) < 4.78 is 104. The van der Waals surface area contributed by atoms with Crippen molar-refractivity contribution in [1.29, 1.82) is 4.78 Å². The van der Waals surface area contributed by atoms with Crippen molar-refractivity contribution in [3.05, 3.63) is 23.3 Å². The van der Waals surface area contributed by atoms with Gasteiger partial charge in [0.2, 0.25) is 0 Å². The van der Waals surface area contributed by atoms with Gasteiger partial charge in [0, 0.05) is 6.26 Å². The van der Waals surface area contributed by atoms with Crippen LogP contribution in [0.4, 0.5) is 23.2 Å². The van der Waals surface area contributed by atoms with Crippen LogP contribution >= 0.6 is 0 Å². The first-order valence-electron chi connectivity index (χ1n) is 4.19. The van der Waals surface area contributed by atoms with Crippen LogP contribution in [0.25, 0.3) is 0 Å². The zero-order chi connectivity index (χ0) is 15.2. The minimum atomic E-state index is -5.80. The predicted octanol–water partition coefficient (Wildman–Crippen LogP) is 1.15. The van der Waals surface area contributed by atoms with Gasteiger partial charge in [-0.3, -0.25) is 4.72 Å². The molecule has 0 aliphatic carbocycles.